The molecule has 16 heavy (non-hydrogen) atoms. The van der Waals surface area contributed by atoms with E-state index in [1.165, 1.54) is 0 Å². The molecule has 0 aliphatic heterocycles. The zero-order valence-corrected chi connectivity index (χ0v) is 10.1. The molecular weight excluding hydrogens is 202 g/mol. The van der Waals surface area contributed by atoms with Gasteiger partial charge in [-0.2, -0.15) is 10.2 Å². The van der Waals surface area contributed by atoms with Gasteiger partial charge in [0.25, 0.3) is 0 Å². The number of hydrogen-bond donors (Lipinski definition) is 0. The van der Waals surface area contributed by atoms with Crippen LogP contribution in [-0.4, -0.2) is 55.6 Å². The average molecular weight is 219 g/mol. The van der Waals surface area contributed by atoms with Crippen molar-refractivity contribution in [2.75, 3.05) is 28.2 Å². The second-order valence-electron chi connectivity index (χ2n) is 3.67. The summed E-state index contributed by atoms with van der Waals surface area (Å²) in [6.07, 6.45) is 3.43. The quantitative estimate of drug-likeness (QED) is 0.557. The lowest BCUT2D eigenvalue weighted by molar-refractivity contribution is 0.440. The molecule has 0 aliphatic rings. The van der Waals surface area contributed by atoms with Gasteiger partial charge in [0.05, 0.1) is 23.8 Å². The van der Waals surface area contributed by atoms with Crippen molar-refractivity contribution < 1.29 is 0 Å². The summed E-state index contributed by atoms with van der Waals surface area (Å²) in [5.41, 5.74) is 1.63. The highest BCUT2D eigenvalue weighted by molar-refractivity contribution is 5.81. The molecule has 0 bridgehead atoms. The highest BCUT2D eigenvalue weighted by atomic mass is 15.4. The molecule has 1 heterocycles. The lowest BCUT2D eigenvalue weighted by Crippen LogP contribution is -2.04. The molecule has 5 heteroatoms. The van der Waals surface area contributed by atoms with Crippen molar-refractivity contribution in [3.8, 4) is 0 Å². The maximum absolute atomic E-state index is 4.36. The van der Waals surface area contributed by atoms with E-state index >= 15 is 0 Å². The molecule has 0 aliphatic carbocycles. The maximum Gasteiger partial charge on any atom is 0.0838 e. The van der Waals surface area contributed by atoms with E-state index in [0.717, 1.165) is 11.4 Å². The third-order valence-corrected chi connectivity index (χ3v) is 1.63. The molecule has 0 atom stereocenters. The number of rotatable bonds is 4. The van der Waals surface area contributed by atoms with Crippen LogP contribution in [0.4, 0.5) is 0 Å². The molecule has 0 fully saturated rings. The van der Waals surface area contributed by atoms with Gasteiger partial charge >= 0.3 is 0 Å². The van der Waals surface area contributed by atoms with Gasteiger partial charge in [0.1, 0.15) is 0 Å². The Morgan fingerprint density at radius 3 is 1.75 bits per heavy atom. The minimum Gasteiger partial charge on any atom is -0.303 e. The summed E-state index contributed by atoms with van der Waals surface area (Å²) in [4.78, 5) is 4.36. The molecule has 0 saturated carbocycles. The molecule has 0 saturated heterocycles. The number of nitrogens with zero attached hydrogens (tertiary/aromatic N) is 5. The van der Waals surface area contributed by atoms with Crippen LogP contribution in [0.2, 0.25) is 0 Å². The van der Waals surface area contributed by atoms with Gasteiger partial charge in [0.2, 0.25) is 0 Å². The van der Waals surface area contributed by atoms with Gasteiger partial charge in [-0.25, -0.2) is 4.98 Å². The molecule has 1 aromatic heterocycles. The van der Waals surface area contributed by atoms with Crippen LogP contribution in [0.25, 0.3) is 0 Å². The molecular formula is C11H17N5. The zero-order chi connectivity index (χ0) is 12.0. The van der Waals surface area contributed by atoms with Gasteiger partial charge in [-0.05, 0) is 12.1 Å². The highest BCUT2D eigenvalue weighted by Gasteiger charge is 1.93. The van der Waals surface area contributed by atoms with Crippen molar-refractivity contribution in [2.24, 2.45) is 10.2 Å². The number of pyridine rings is 1. The zero-order valence-electron chi connectivity index (χ0n) is 10.1. The van der Waals surface area contributed by atoms with E-state index in [2.05, 4.69) is 15.2 Å². The van der Waals surface area contributed by atoms with Crippen LogP contribution in [0.5, 0.6) is 0 Å². The Balaban J connectivity index is 2.79. The Kier molecular flexibility index (Phi) is 4.44. The Morgan fingerprint density at radius 2 is 1.38 bits per heavy atom. The predicted octanol–water partition coefficient (Wildman–Crippen LogP) is 0.873. The van der Waals surface area contributed by atoms with Crippen molar-refractivity contribution >= 4 is 12.4 Å². The first-order valence-corrected chi connectivity index (χ1v) is 4.97. The van der Waals surface area contributed by atoms with Crippen LogP contribution in [0.15, 0.2) is 28.4 Å². The molecule has 0 aromatic carbocycles. The van der Waals surface area contributed by atoms with Gasteiger partial charge < -0.3 is 10.0 Å². The van der Waals surface area contributed by atoms with E-state index in [1.807, 2.05) is 46.4 Å². The van der Waals surface area contributed by atoms with Gasteiger partial charge in [-0.3, -0.25) is 0 Å². The molecule has 0 spiro atoms. The van der Waals surface area contributed by atoms with E-state index in [0.29, 0.717) is 0 Å². The first-order valence-electron chi connectivity index (χ1n) is 4.97. The monoisotopic (exact) mass is 219 g/mol. The van der Waals surface area contributed by atoms with Crippen molar-refractivity contribution in [3.63, 3.8) is 0 Å². The summed E-state index contributed by atoms with van der Waals surface area (Å²) in [6.45, 7) is 0. The number of hydrogen-bond acceptors (Lipinski definition) is 5. The second-order valence-corrected chi connectivity index (χ2v) is 3.67. The smallest absolute Gasteiger partial charge is 0.0838 e. The fourth-order valence-corrected chi connectivity index (χ4v) is 0.962. The standard InChI is InChI=1S/C11H17N5/c1-15(2)12-8-10-6-5-7-11(14-10)9-13-16(3)4/h5-9H,1-4H3/b12-8+,13-9+. The lowest BCUT2D eigenvalue weighted by atomic mass is 10.3. The van der Waals surface area contributed by atoms with Crippen LogP contribution in [0, 0.1) is 0 Å². The molecule has 0 amide bonds. The minimum absolute atomic E-state index is 0.816. The van der Waals surface area contributed by atoms with Crippen LogP contribution < -0.4 is 0 Å². The number of aromatic nitrogens is 1. The van der Waals surface area contributed by atoms with Gasteiger partial charge in [-0.1, -0.05) is 6.07 Å². The van der Waals surface area contributed by atoms with Gasteiger partial charge in [-0.15, -0.1) is 0 Å². The predicted molar refractivity (Wildman–Crippen MR) is 66.8 cm³/mol. The van der Waals surface area contributed by atoms with Crippen molar-refractivity contribution in [2.45, 2.75) is 0 Å². The first-order chi connectivity index (χ1) is 7.58. The SMILES string of the molecule is CN(C)/N=C/c1cccc(/C=N/N(C)C)n1. The maximum atomic E-state index is 4.36. The average Bonchev–Trinajstić information content (AvgIpc) is 2.24. The minimum atomic E-state index is 0.816. The summed E-state index contributed by atoms with van der Waals surface area (Å²) in [5.74, 6) is 0. The Bertz CT molecular complexity index is 348. The molecule has 1 aromatic rings. The lowest BCUT2D eigenvalue weighted by Gasteiger charge is -2.03. The fraction of sp³-hybridized carbons (Fsp3) is 0.364. The van der Waals surface area contributed by atoms with Gasteiger partial charge in [0.15, 0.2) is 0 Å². The van der Waals surface area contributed by atoms with E-state index in [9.17, 15) is 0 Å². The van der Waals surface area contributed by atoms with Gasteiger partial charge in [0, 0.05) is 28.2 Å². The third kappa shape index (κ3) is 4.54. The fourth-order valence-electron chi connectivity index (χ4n) is 0.962. The Morgan fingerprint density at radius 1 is 0.938 bits per heavy atom. The topological polar surface area (TPSA) is 44.1 Å². The van der Waals surface area contributed by atoms with Crippen LogP contribution >= 0.6 is 0 Å². The summed E-state index contributed by atoms with van der Waals surface area (Å²) in [7, 11) is 7.48. The van der Waals surface area contributed by atoms with Crippen LogP contribution in [0.1, 0.15) is 11.4 Å². The highest BCUT2D eigenvalue weighted by Crippen LogP contribution is 1.95. The molecule has 5 nitrogen and oxygen atoms in total. The number of hydrazone groups is 2. The van der Waals surface area contributed by atoms with E-state index in [4.69, 9.17) is 0 Å². The normalized spacial score (nSPS) is 11.2. The van der Waals surface area contributed by atoms with Crippen molar-refractivity contribution in [1.29, 1.82) is 0 Å². The third-order valence-electron chi connectivity index (χ3n) is 1.63. The molecule has 0 unspecified atom stereocenters. The molecule has 86 valence electrons. The van der Waals surface area contributed by atoms with E-state index in [1.54, 1.807) is 22.4 Å². The summed E-state index contributed by atoms with van der Waals surface area (Å²) >= 11 is 0. The largest absolute Gasteiger partial charge is 0.303 e. The molecule has 0 radical (unpaired) electrons. The second kappa shape index (κ2) is 5.85. The first kappa shape index (κ1) is 12.2. The van der Waals surface area contributed by atoms with Crippen LogP contribution in [0.3, 0.4) is 0 Å². The van der Waals surface area contributed by atoms with E-state index in [-0.39, 0.29) is 0 Å². The Hall–Kier alpha value is -1.91. The van der Waals surface area contributed by atoms with Crippen LogP contribution in [-0.2, 0) is 0 Å². The summed E-state index contributed by atoms with van der Waals surface area (Å²) < 4.78 is 0. The summed E-state index contributed by atoms with van der Waals surface area (Å²) in [6, 6.07) is 5.74. The molecule has 0 N–H and O–H groups in total. The Labute approximate surface area is 96.1 Å². The van der Waals surface area contributed by atoms with Crippen molar-refractivity contribution in [1.82, 2.24) is 15.0 Å². The van der Waals surface area contributed by atoms with Crippen molar-refractivity contribution in [3.05, 3.63) is 29.6 Å². The van der Waals surface area contributed by atoms with E-state index < -0.39 is 0 Å². The summed E-state index contributed by atoms with van der Waals surface area (Å²) in [5, 5.41) is 11.7. The molecule has 1 rings (SSSR count).